The van der Waals surface area contributed by atoms with E-state index in [2.05, 4.69) is 15.9 Å². The van der Waals surface area contributed by atoms with Crippen LogP contribution in [0.2, 0.25) is 0 Å². The minimum atomic E-state index is -0.769. The van der Waals surface area contributed by atoms with Crippen LogP contribution in [0.15, 0.2) is 16.7 Å². The van der Waals surface area contributed by atoms with Gasteiger partial charge >= 0.3 is 5.97 Å². The largest absolute Gasteiger partial charge is 0.481 e. The quantitative estimate of drug-likeness (QED) is 0.903. The highest BCUT2D eigenvalue weighted by Crippen LogP contribution is 2.44. The molecule has 1 N–H and O–H groups in total. The van der Waals surface area contributed by atoms with Crippen LogP contribution < -0.4 is 0 Å². The van der Waals surface area contributed by atoms with E-state index in [0.717, 1.165) is 23.9 Å². The van der Waals surface area contributed by atoms with Gasteiger partial charge in [-0.25, -0.2) is 0 Å². The molecule has 5 nitrogen and oxygen atoms in total. The fourth-order valence-electron chi connectivity index (χ4n) is 3.34. The smallest absolute Gasteiger partial charge is 0.308 e. The van der Waals surface area contributed by atoms with Crippen molar-refractivity contribution in [1.29, 1.82) is 0 Å². The van der Waals surface area contributed by atoms with Crippen molar-refractivity contribution in [2.75, 3.05) is 13.1 Å². The van der Waals surface area contributed by atoms with Gasteiger partial charge in [0.05, 0.1) is 5.92 Å². The van der Waals surface area contributed by atoms with E-state index in [-0.39, 0.29) is 11.8 Å². The summed E-state index contributed by atoms with van der Waals surface area (Å²) >= 11 is 3.40. The molecule has 2 atom stereocenters. The SMILES string of the molecule is CCn1cc(Br)cc1C(=O)N1C[C@H](C(=O)O)[C@@H](C2CC2)C1. The van der Waals surface area contributed by atoms with Crippen LogP contribution in [0.3, 0.4) is 0 Å². The van der Waals surface area contributed by atoms with Gasteiger partial charge in [0.2, 0.25) is 0 Å². The van der Waals surface area contributed by atoms with Crippen LogP contribution in [-0.4, -0.2) is 39.5 Å². The molecule has 0 radical (unpaired) electrons. The third-order valence-corrected chi connectivity index (χ3v) is 5.05. The first-order valence-corrected chi connectivity index (χ1v) is 8.18. The highest BCUT2D eigenvalue weighted by molar-refractivity contribution is 9.10. The number of hydrogen-bond donors (Lipinski definition) is 1. The number of carbonyl (C=O) groups is 2. The molecule has 21 heavy (non-hydrogen) atoms. The summed E-state index contributed by atoms with van der Waals surface area (Å²) in [5, 5.41) is 9.38. The predicted octanol–water partition coefficient (Wildman–Crippen LogP) is 2.45. The van der Waals surface area contributed by atoms with Crippen LogP contribution in [0, 0.1) is 17.8 Å². The maximum atomic E-state index is 12.7. The molecule has 1 aromatic heterocycles. The Morgan fingerprint density at radius 2 is 2.10 bits per heavy atom. The van der Waals surface area contributed by atoms with Crippen molar-refractivity contribution in [2.45, 2.75) is 26.3 Å². The Labute approximate surface area is 132 Å². The zero-order valence-corrected chi connectivity index (χ0v) is 13.5. The first kappa shape index (κ1) is 14.6. The van der Waals surface area contributed by atoms with Crippen LogP contribution in [-0.2, 0) is 11.3 Å². The number of rotatable bonds is 4. The van der Waals surface area contributed by atoms with E-state index in [1.54, 1.807) is 4.90 Å². The van der Waals surface area contributed by atoms with Crippen molar-refractivity contribution in [3.8, 4) is 0 Å². The molecule has 114 valence electrons. The first-order chi connectivity index (χ1) is 10.0. The number of hydrogen-bond acceptors (Lipinski definition) is 2. The third kappa shape index (κ3) is 2.73. The molecule has 0 aromatic carbocycles. The normalized spacial score (nSPS) is 25.3. The standard InChI is InChI=1S/C15H19BrN2O3/c1-2-17-6-10(16)5-13(17)14(19)18-7-11(9-3-4-9)12(8-18)15(20)21/h5-6,9,11-12H,2-4,7-8H2,1H3,(H,20,21)/t11-,12+/m1/s1. The third-order valence-electron chi connectivity index (χ3n) is 4.62. The van der Waals surface area contributed by atoms with Gasteiger partial charge in [0.15, 0.2) is 0 Å². The summed E-state index contributed by atoms with van der Waals surface area (Å²) in [6, 6.07) is 1.81. The van der Waals surface area contributed by atoms with Gasteiger partial charge < -0.3 is 14.6 Å². The predicted molar refractivity (Wildman–Crippen MR) is 81.0 cm³/mol. The Morgan fingerprint density at radius 3 is 2.67 bits per heavy atom. The van der Waals surface area contributed by atoms with Gasteiger partial charge in [0.25, 0.3) is 5.91 Å². The van der Waals surface area contributed by atoms with Crippen molar-refractivity contribution < 1.29 is 14.7 Å². The molecule has 0 spiro atoms. The molecule has 2 fully saturated rings. The van der Waals surface area contributed by atoms with E-state index in [1.807, 2.05) is 23.8 Å². The Bertz CT molecular complexity index is 579. The Balaban J connectivity index is 1.80. The number of carboxylic acid groups (broad SMARTS) is 1. The zero-order valence-electron chi connectivity index (χ0n) is 12.0. The summed E-state index contributed by atoms with van der Waals surface area (Å²) < 4.78 is 2.77. The van der Waals surface area contributed by atoms with Crippen LogP contribution in [0.4, 0.5) is 0 Å². The minimum absolute atomic E-state index is 0.0584. The van der Waals surface area contributed by atoms with Gasteiger partial charge in [-0.15, -0.1) is 0 Å². The summed E-state index contributed by atoms with van der Waals surface area (Å²) in [6.45, 7) is 3.62. The molecule has 1 amide bonds. The molecule has 1 aromatic rings. The van der Waals surface area contributed by atoms with Crippen LogP contribution in [0.5, 0.6) is 0 Å². The number of aliphatic carboxylic acids is 1. The van der Waals surface area contributed by atoms with Gasteiger partial charge in [-0.1, -0.05) is 0 Å². The number of carboxylic acids is 1. The van der Waals surface area contributed by atoms with Crippen LogP contribution in [0.25, 0.3) is 0 Å². The number of likely N-dealkylation sites (tertiary alicyclic amines) is 1. The van der Waals surface area contributed by atoms with E-state index < -0.39 is 11.9 Å². The van der Waals surface area contributed by atoms with Crippen molar-refractivity contribution in [2.24, 2.45) is 17.8 Å². The second kappa shape index (κ2) is 5.48. The van der Waals surface area contributed by atoms with Gasteiger partial charge in [0, 0.05) is 30.3 Å². The second-order valence-corrected chi connectivity index (χ2v) is 6.90. The maximum absolute atomic E-state index is 12.7. The fourth-order valence-corrected chi connectivity index (χ4v) is 3.80. The Kier molecular flexibility index (Phi) is 3.82. The van der Waals surface area contributed by atoms with Crippen molar-refractivity contribution in [3.63, 3.8) is 0 Å². The molecule has 6 heteroatoms. The number of aryl methyl sites for hydroxylation is 1. The molecule has 1 aliphatic heterocycles. The van der Waals surface area contributed by atoms with E-state index in [9.17, 15) is 14.7 Å². The molecule has 1 aliphatic carbocycles. The van der Waals surface area contributed by atoms with E-state index in [1.165, 1.54) is 0 Å². The van der Waals surface area contributed by atoms with E-state index in [4.69, 9.17) is 0 Å². The molecular formula is C15H19BrN2O3. The molecule has 0 bridgehead atoms. The summed E-state index contributed by atoms with van der Waals surface area (Å²) in [5.41, 5.74) is 0.630. The van der Waals surface area contributed by atoms with Gasteiger partial charge in [-0.3, -0.25) is 9.59 Å². The topological polar surface area (TPSA) is 62.5 Å². The van der Waals surface area contributed by atoms with Crippen molar-refractivity contribution in [1.82, 2.24) is 9.47 Å². The first-order valence-electron chi connectivity index (χ1n) is 7.39. The van der Waals surface area contributed by atoms with Gasteiger partial charge in [-0.05, 0) is 53.6 Å². The van der Waals surface area contributed by atoms with Crippen LogP contribution in [0.1, 0.15) is 30.3 Å². The molecule has 2 aliphatic rings. The summed E-state index contributed by atoms with van der Waals surface area (Å²) in [7, 11) is 0. The van der Waals surface area contributed by atoms with Crippen molar-refractivity contribution in [3.05, 3.63) is 22.4 Å². The average molecular weight is 355 g/mol. The number of halogens is 1. The van der Waals surface area contributed by atoms with Gasteiger partial charge in [-0.2, -0.15) is 0 Å². The average Bonchev–Trinajstić information content (AvgIpc) is 3.07. The maximum Gasteiger partial charge on any atom is 0.308 e. The lowest BCUT2D eigenvalue weighted by molar-refractivity contribution is -0.142. The molecule has 1 saturated heterocycles. The lowest BCUT2D eigenvalue weighted by Gasteiger charge is -2.17. The Morgan fingerprint density at radius 1 is 1.38 bits per heavy atom. The number of amides is 1. The summed E-state index contributed by atoms with van der Waals surface area (Å²) in [6.07, 6.45) is 4.09. The molecule has 2 heterocycles. The molecule has 0 unspecified atom stereocenters. The molecule has 1 saturated carbocycles. The minimum Gasteiger partial charge on any atom is -0.481 e. The highest BCUT2D eigenvalue weighted by Gasteiger charge is 2.47. The van der Waals surface area contributed by atoms with Crippen LogP contribution >= 0.6 is 15.9 Å². The lowest BCUT2D eigenvalue weighted by atomic mass is 9.92. The summed E-state index contributed by atoms with van der Waals surface area (Å²) in [5.74, 6) is -0.616. The number of nitrogens with zero attached hydrogens (tertiary/aromatic N) is 2. The zero-order chi connectivity index (χ0) is 15.1. The molecule has 3 rings (SSSR count). The fraction of sp³-hybridized carbons (Fsp3) is 0.600. The van der Waals surface area contributed by atoms with E-state index in [0.29, 0.717) is 24.7 Å². The summed E-state index contributed by atoms with van der Waals surface area (Å²) in [4.78, 5) is 25.8. The van der Waals surface area contributed by atoms with E-state index >= 15 is 0 Å². The monoisotopic (exact) mass is 354 g/mol. The Hall–Kier alpha value is -1.30. The lowest BCUT2D eigenvalue weighted by Crippen LogP contribution is -2.31. The number of carbonyl (C=O) groups excluding carboxylic acids is 1. The number of aromatic nitrogens is 1. The second-order valence-electron chi connectivity index (χ2n) is 5.99. The highest BCUT2D eigenvalue weighted by atomic mass is 79.9. The van der Waals surface area contributed by atoms with Crippen molar-refractivity contribution >= 4 is 27.8 Å². The molecular weight excluding hydrogens is 336 g/mol. The van der Waals surface area contributed by atoms with Gasteiger partial charge in [0.1, 0.15) is 5.69 Å².